The predicted octanol–water partition coefficient (Wildman–Crippen LogP) is 3.41. The summed E-state index contributed by atoms with van der Waals surface area (Å²) < 4.78 is 0.799. The Hall–Kier alpha value is -1.03. The third-order valence-corrected chi connectivity index (χ3v) is 3.40. The first-order chi connectivity index (χ1) is 7.36. The lowest BCUT2D eigenvalue weighted by atomic mass is 9.89. The highest BCUT2D eigenvalue weighted by molar-refractivity contribution is 9.10. The molecule has 3 nitrogen and oxygen atoms in total. The maximum Gasteiger partial charge on any atom is 0.230 e. The minimum Gasteiger partial charge on any atom is -0.399 e. The molecule has 0 aliphatic rings. The number of carbonyl (C=O) groups excluding carboxylic acids is 1. The molecule has 0 unspecified atom stereocenters. The van der Waals surface area contributed by atoms with Gasteiger partial charge < -0.3 is 11.1 Å². The van der Waals surface area contributed by atoms with Crippen LogP contribution in [0.15, 0.2) is 22.7 Å². The van der Waals surface area contributed by atoms with Crippen LogP contribution < -0.4 is 11.1 Å². The molecule has 3 N–H and O–H groups in total. The molecule has 0 aromatic heterocycles. The molecule has 0 saturated carbocycles. The molecule has 0 aliphatic carbocycles. The van der Waals surface area contributed by atoms with Crippen LogP contribution in [0, 0.1) is 5.41 Å². The quantitative estimate of drug-likeness (QED) is 0.836. The summed E-state index contributed by atoms with van der Waals surface area (Å²) in [5, 5.41) is 2.89. The minimum absolute atomic E-state index is 0.0143. The summed E-state index contributed by atoms with van der Waals surface area (Å²) in [5.41, 5.74) is 6.68. The van der Waals surface area contributed by atoms with Crippen LogP contribution in [0.1, 0.15) is 27.2 Å². The molecule has 0 bridgehead atoms. The van der Waals surface area contributed by atoms with Crippen molar-refractivity contribution in [3.05, 3.63) is 22.7 Å². The van der Waals surface area contributed by atoms with Gasteiger partial charge in [0.15, 0.2) is 0 Å². The fourth-order valence-corrected chi connectivity index (χ4v) is 1.58. The second kappa shape index (κ2) is 4.87. The van der Waals surface area contributed by atoms with Crippen molar-refractivity contribution >= 4 is 33.2 Å². The number of carbonyl (C=O) groups is 1. The Morgan fingerprint density at radius 3 is 2.62 bits per heavy atom. The van der Waals surface area contributed by atoms with Gasteiger partial charge in [-0.05, 0) is 40.5 Å². The van der Waals surface area contributed by atoms with Crippen LogP contribution in [-0.4, -0.2) is 5.91 Å². The van der Waals surface area contributed by atoms with Crippen molar-refractivity contribution in [2.45, 2.75) is 27.2 Å². The summed E-state index contributed by atoms with van der Waals surface area (Å²) in [6.45, 7) is 5.85. The molecule has 16 heavy (non-hydrogen) atoms. The SMILES string of the molecule is CCC(C)(C)C(=O)Nc1ccc(N)cc1Br. The van der Waals surface area contributed by atoms with E-state index < -0.39 is 0 Å². The third-order valence-electron chi connectivity index (χ3n) is 2.74. The average Bonchev–Trinajstić information content (AvgIpc) is 2.22. The number of hydrogen-bond donors (Lipinski definition) is 2. The van der Waals surface area contributed by atoms with E-state index in [2.05, 4.69) is 21.2 Å². The zero-order valence-corrected chi connectivity index (χ0v) is 11.4. The smallest absolute Gasteiger partial charge is 0.230 e. The van der Waals surface area contributed by atoms with Crippen LogP contribution >= 0.6 is 15.9 Å². The summed E-state index contributed by atoms with van der Waals surface area (Å²) in [4.78, 5) is 11.9. The summed E-state index contributed by atoms with van der Waals surface area (Å²) in [6.07, 6.45) is 0.797. The van der Waals surface area contributed by atoms with Gasteiger partial charge in [-0.25, -0.2) is 0 Å². The number of anilines is 2. The van der Waals surface area contributed by atoms with Gasteiger partial charge in [-0.15, -0.1) is 0 Å². The van der Waals surface area contributed by atoms with Crippen molar-refractivity contribution in [2.75, 3.05) is 11.1 Å². The molecule has 1 aromatic carbocycles. The van der Waals surface area contributed by atoms with E-state index in [4.69, 9.17) is 5.73 Å². The minimum atomic E-state index is -0.360. The predicted molar refractivity (Wildman–Crippen MR) is 71.3 cm³/mol. The zero-order valence-electron chi connectivity index (χ0n) is 9.80. The molecule has 88 valence electrons. The van der Waals surface area contributed by atoms with Crippen LogP contribution in [0.5, 0.6) is 0 Å². The Morgan fingerprint density at radius 2 is 2.12 bits per heavy atom. The van der Waals surface area contributed by atoms with Crippen molar-refractivity contribution in [3.8, 4) is 0 Å². The lowest BCUT2D eigenvalue weighted by molar-refractivity contribution is -0.124. The summed E-state index contributed by atoms with van der Waals surface area (Å²) in [5.74, 6) is 0.0143. The van der Waals surface area contributed by atoms with Gasteiger partial charge in [-0.3, -0.25) is 4.79 Å². The topological polar surface area (TPSA) is 55.1 Å². The Morgan fingerprint density at radius 1 is 1.50 bits per heavy atom. The van der Waals surface area contributed by atoms with Crippen LogP contribution in [0.4, 0.5) is 11.4 Å². The fraction of sp³-hybridized carbons (Fsp3) is 0.417. The molecular formula is C12H17BrN2O. The molecule has 0 aliphatic heterocycles. The molecule has 1 amide bonds. The summed E-state index contributed by atoms with van der Waals surface area (Å²) in [7, 11) is 0. The monoisotopic (exact) mass is 284 g/mol. The number of rotatable bonds is 3. The van der Waals surface area contributed by atoms with Crippen LogP contribution in [0.2, 0.25) is 0 Å². The highest BCUT2D eigenvalue weighted by Crippen LogP contribution is 2.28. The number of nitrogens with two attached hydrogens (primary N) is 1. The van der Waals surface area contributed by atoms with Crippen molar-refractivity contribution in [3.63, 3.8) is 0 Å². The lowest BCUT2D eigenvalue weighted by Crippen LogP contribution is -2.30. The van der Waals surface area contributed by atoms with Crippen LogP contribution in [0.3, 0.4) is 0 Å². The van der Waals surface area contributed by atoms with Crippen molar-refractivity contribution < 1.29 is 4.79 Å². The molecular weight excluding hydrogens is 268 g/mol. The third kappa shape index (κ3) is 2.98. The molecule has 0 atom stereocenters. The van der Waals surface area contributed by atoms with Gasteiger partial charge in [0.1, 0.15) is 0 Å². The van der Waals surface area contributed by atoms with Gasteiger partial charge in [-0.1, -0.05) is 20.8 Å². The Kier molecular flexibility index (Phi) is 3.97. The van der Waals surface area contributed by atoms with Gasteiger partial charge in [0.05, 0.1) is 5.69 Å². The summed E-state index contributed by atoms with van der Waals surface area (Å²) in [6, 6.07) is 5.33. The van der Waals surface area contributed by atoms with E-state index in [-0.39, 0.29) is 11.3 Å². The number of amides is 1. The van der Waals surface area contributed by atoms with E-state index in [1.807, 2.05) is 20.8 Å². The number of nitrogen functional groups attached to an aromatic ring is 1. The maximum atomic E-state index is 11.9. The Labute approximate surface area is 105 Å². The molecule has 4 heteroatoms. The summed E-state index contributed by atoms with van der Waals surface area (Å²) >= 11 is 3.37. The van der Waals surface area contributed by atoms with Gasteiger partial charge in [0.25, 0.3) is 0 Å². The molecule has 1 aromatic rings. The fourth-order valence-electron chi connectivity index (χ4n) is 1.08. The van der Waals surface area contributed by atoms with Crippen LogP contribution in [-0.2, 0) is 4.79 Å². The van der Waals surface area contributed by atoms with Gasteiger partial charge >= 0.3 is 0 Å². The van der Waals surface area contributed by atoms with E-state index in [1.54, 1.807) is 18.2 Å². The second-order valence-corrected chi connectivity index (χ2v) is 5.29. The highest BCUT2D eigenvalue weighted by Gasteiger charge is 2.25. The zero-order chi connectivity index (χ0) is 12.3. The lowest BCUT2D eigenvalue weighted by Gasteiger charge is -2.22. The van der Waals surface area contributed by atoms with E-state index in [9.17, 15) is 4.79 Å². The molecule has 1 rings (SSSR count). The average molecular weight is 285 g/mol. The van der Waals surface area contributed by atoms with Crippen LogP contribution in [0.25, 0.3) is 0 Å². The van der Waals surface area contributed by atoms with Crippen molar-refractivity contribution in [1.82, 2.24) is 0 Å². The molecule has 0 saturated heterocycles. The number of benzene rings is 1. The van der Waals surface area contributed by atoms with Gasteiger partial charge in [0, 0.05) is 15.6 Å². The van der Waals surface area contributed by atoms with Crippen molar-refractivity contribution in [1.29, 1.82) is 0 Å². The Bertz CT molecular complexity index is 402. The molecule has 0 spiro atoms. The maximum absolute atomic E-state index is 11.9. The first-order valence-corrected chi connectivity index (χ1v) is 6.02. The number of nitrogens with one attached hydrogen (secondary N) is 1. The standard InChI is InChI=1S/C12H17BrN2O/c1-4-12(2,3)11(16)15-10-6-5-8(14)7-9(10)13/h5-7H,4,14H2,1-3H3,(H,15,16). The Balaban J connectivity index is 2.85. The van der Waals surface area contributed by atoms with Gasteiger partial charge in [-0.2, -0.15) is 0 Å². The van der Waals surface area contributed by atoms with E-state index in [1.165, 1.54) is 0 Å². The molecule has 0 fully saturated rings. The van der Waals surface area contributed by atoms with E-state index >= 15 is 0 Å². The number of hydrogen-bond acceptors (Lipinski definition) is 2. The first-order valence-electron chi connectivity index (χ1n) is 5.23. The molecule has 0 radical (unpaired) electrons. The van der Waals surface area contributed by atoms with E-state index in [0.29, 0.717) is 5.69 Å². The highest BCUT2D eigenvalue weighted by atomic mass is 79.9. The first kappa shape index (κ1) is 13.0. The second-order valence-electron chi connectivity index (χ2n) is 4.43. The van der Waals surface area contributed by atoms with E-state index in [0.717, 1.165) is 16.6 Å². The number of halogens is 1. The van der Waals surface area contributed by atoms with Crippen molar-refractivity contribution in [2.24, 2.45) is 5.41 Å². The largest absolute Gasteiger partial charge is 0.399 e. The van der Waals surface area contributed by atoms with Gasteiger partial charge in [0.2, 0.25) is 5.91 Å². The normalized spacial score (nSPS) is 11.2. The molecule has 0 heterocycles.